The molecule has 9 amide bonds. The molecular weight excluding hydrogens is 1260 g/mol. The van der Waals surface area contributed by atoms with Crippen molar-refractivity contribution in [2.24, 2.45) is 22.5 Å². The molecule has 10 rings (SSSR count). The molecule has 4 fully saturated rings. The van der Waals surface area contributed by atoms with Crippen LogP contribution in [0, 0.1) is 17.6 Å². The van der Waals surface area contributed by atoms with Crippen molar-refractivity contribution < 1.29 is 64.7 Å². The monoisotopic (exact) mass is 1320 g/mol. The Morgan fingerprint density at radius 3 is 1.62 bits per heavy atom. The molecular formula is C59H65Cl2F6N17O8. The molecule has 4 heterocycles. The molecule has 2 aliphatic heterocycles. The summed E-state index contributed by atoms with van der Waals surface area (Å²) in [4.78, 5) is 109. The number of azide groups is 1. The van der Waals surface area contributed by atoms with Gasteiger partial charge in [-0.2, -0.15) is 10.2 Å². The largest absolute Gasteiger partial charge is 0.364 e. The number of primary amides is 2. The van der Waals surface area contributed by atoms with Crippen LogP contribution in [0.2, 0.25) is 10.0 Å². The zero-order valence-electron chi connectivity index (χ0n) is 49.3. The molecule has 2 aromatic heterocycles. The van der Waals surface area contributed by atoms with Crippen LogP contribution < -0.4 is 32.7 Å². The number of nitrogens with zero attached hydrogens (tertiary/aromatic N) is 11. The Morgan fingerprint density at radius 1 is 0.674 bits per heavy atom. The number of anilines is 1. The molecule has 0 atom stereocenters. The third kappa shape index (κ3) is 18.8. The van der Waals surface area contributed by atoms with Gasteiger partial charge in [0.1, 0.15) is 24.7 Å². The summed E-state index contributed by atoms with van der Waals surface area (Å²) in [6, 6.07) is 17.1. The highest BCUT2D eigenvalue weighted by molar-refractivity contribution is 6.31. The molecule has 4 aromatic carbocycles. The molecule has 2 saturated heterocycles. The number of piperazine rings is 1. The first-order valence-electron chi connectivity index (χ1n) is 29.2. The quantitative estimate of drug-likeness (QED) is 0.0174. The maximum absolute atomic E-state index is 14.2. The molecule has 6 aromatic rings. The predicted octanol–water partition coefficient (Wildman–Crippen LogP) is 6.98. The molecule has 8 N–H and O–H groups in total. The first kappa shape index (κ1) is 68.9. The number of piperidine rings is 1. The van der Waals surface area contributed by atoms with Gasteiger partial charge in [0.15, 0.2) is 11.4 Å². The summed E-state index contributed by atoms with van der Waals surface area (Å²) in [5.41, 5.74) is 20.8. The van der Waals surface area contributed by atoms with E-state index in [-0.39, 0.29) is 127 Å². The highest BCUT2D eigenvalue weighted by Gasteiger charge is 2.36. The fraction of sp³-hybridized carbons (Fsp3) is 0.424. The Kier molecular flexibility index (Phi) is 23.8. The highest BCUT2D eigenvalue weighted by Crippen LogP contribution is 2.31. The fourth-order valence-corrected chi connectivity index (χ4v) is 10.8. The van der Waals surface area contributed by atoms with Crippen molar-refractivity contribution in [2.75, 3.05) is 64.2 Å². The summed E-state index contributed by atoms with van der Waals surface area (Å²) in [5.74, 6) is -5.36. The maximum Gasteiger partial charge on any atom is 0.321 e. The van der Waals surface area contributed by atoms with E-state index in [0.29, 0.717) is 35.2 Å². The number of hydrogen-bond donors (Lipinski definition) is 6. The van der Waals surface area contributed by atoms with Crippen LogP contribution in [-0.2, 0) is 45.4 Å². The summed E-state index contributed by atoms with van der Waals surface area (Å²) in [7, 11) is 0. The summed E-state index contributed by atoms with van der Waals surface area (Å²) in [5, 5.41) is 22.9. The summed E-state index contributed by atoms with van der Waals surface area (Å²) >= 11 is 11.6. The summed E-state index contributed by atoms with van der Waals surface area (Å²) in [6.45, 7) is 1.40. The maximum atomic E-state index is 14.2. The standard InChI is InChI=1S/C29H32ClF3N8O4.C23H20ClFN8O4.C7H13F2N/c30-21-3-1-2-17(26(21)33)13-35-24(42)15-40(19-5-6-19)25(43)16-41-22-7-4-18(12-20(22)27(37-41)28(34)44)36-29(45)39-10-8-38(9-11-39)14-23(31)32;24-16-3-1-2-13(20(16)25)9-28-18(34)10-32(14-5-6-14)19(35)11-33-17-7-4-12(23(37)29-31-27)8-15(17)21(30-33)22(26)36;8-7(9)5-6-1-3-10-4-2-6/h1-4,7,12,19,23H,5-6,8-11,13-16H2,(H2,34,44)(H,35,42)(H,36,45);1-4,7-8,14H,5-6,9-11H2,(H2,26,36)(H,28,34);6-7,10H,1-5H2. The van der Waals surface area contributed by atoms with Crippen molar-refractivity contribution >= 4 is 98.1 Å². The Balaban J connectivity index is 0.000000208. The minimum Gasteiger partial charge on any atom is -0.364 e. The number of aromatic nitrogens is 4. The van der Waals surface area contributed by atoms with Crippen LogP contribution >= 0.6 is 23.2 Å². The molecule has 0 radical (unpaired) electrons. The van der Waals surface area contributed by atoms with Crippen LogP contribution in [0.25, 0.3) is 32.2 Å². The number of nitrogens with two attached hydrogens (primary N) is 2. The lowest BCUT2D eigenvalue weighted by molar-refractivity contribution is -0.137. The van der Waals surface area contributed by atoms with Crippen LogP contribution in [0.15, 0.2) is 77.9 Å². The van der Waals surface area contributed by atoms with Gasteiger partial charge in [0, 0.05) is 95.8 Å². The summed E-state index contributed by atoms with van der Waals surface area (Å²) in [6.07, 6.45) is 0.274. The van der Waals surface area contributed by atoms with Crippen LogP contribution in [0.1, 0.15) is 87.4 Å². The van der Waals surface area contributed by atoms with Gasteiger partial charge in [-0.15, -0.1) is 0 Å². The third-order valence-corrected chi connectivity index (χ3v) is 16.0. The van der Waals surface area contributed by atoms with Crippen LogP contribution in [-0.4, -0.2) is 170 Å². The number of carbonyl (C=O) groups is 8. The van der Waals surface area contributed by atoms with Crippen molar-refractivity contribution in [2.45, 2.75) is 96.1 Å². The number of carbonyl (C=O) groups excluding carboxylic acids is 8. The number of rotatable bonds is 22. The minimum atomic E-state index is -2.44. The lowest BCUT2D eigenvalue weighted by atomic mass is 9.95. The van der Waals surface area contributed by atoms with E-state index in [0.717, 1.165) is 51.6 Å². The van der Waals surface area contributed by atoms with Gasteiger partial charge < -0.3 is 47.4 Å². The number of urea groups is 1. The van der Waals surface area contributed by atoms with Crippen molar-refractivity contribution in [1.29, 1.82) is 0 Å². The predicted molar refractivity (Wildman–Crippen MR) is 325 cm³/mol. The highest BCUT2D eigenvalue weighted by atomic mass is 35.5. The van der Waals surface area contributed by atoms with E-state index in [1.54, 1.807) is 29.2 Å². The molecule has 2 saturated carbocycles. The smallest absolute Gasteiger partial charge is 0.321 e. The van der Waals surface area contributed by atoms with Gasteiger partial charge >= 0.3 is 6.03 Å². The third-order valence-electron chi connectivity index (χ3n) is 15.5. The van der Waals surface area contributed by atoms with Gasteiger partial charge in [-0.25, -0.2) is 31.1 Å². The van der Waals surface area contributed by atoms with Crippen LogP contribution in [0.4, 0.5) is 36.8 Å². The summed E-state index contributed by atoms with van der Waals surface area (Å²) < 4.78 is 79.8. The molecule has 33 heteroatoms. The number of alkyl halides is 4. The van der Waals surface area contributed by atoms with Crippen molar-refractivity contribution in [3.05, 3.63) is 133 Å². The van der Waals surface area contributed by atoms with Gasteiger partial charge in [-0.05, 0) is 117 Å². The van der Waals surface area contributed by atoms with Crippen LogP contribution in [0.3, 0.4) is 0 Å². The second-order valence-corrected chi connectivity index (χ2v) is 22.9. The first-order chi connectivity index (χ1) is 44.0. The van der Waals surface area contributed by atoms with Crippen LogP contribution in [0.5, 0.6) is 0 Å². The topological polar surface area (TPSA) is 334 Å². The first-order valence-corrected chi connectivity index (χ1v) is 30.0. The zero-order valence-corrected chi connectivity index (χ0v) is 50.8. The minimum absolute atomic E-state index is 0.0195. The van der Waals surface area contributed by atoms with Gasteiger partial charge in [0.05, 0.1) is 40.7 Å². The number of fused-ring (bicyclic) bond motifs is 2. The van der Waals surface area contributed by atoms with Gasteiger partial charge in [0.2, 0.25) is 36.0 Å². The average Bonchev–Trinajstić information content (AvgIpc) is 1.63. The Hall–Kier alpha value is -9.03. The molecule has 0 spiro atoms. The Labute approximate surface area is 531 Å². The second kappa shape index (κ2) is 31.8. The molecule has 92 heavy (non-hydrogen) atoms. The van der Waals surface area contributed by atoms with E-state index in [1.165, 1.54) is 72.6 Å². The molecule has 25 nitrogen and oxygen atoms in total. The lowest BCUT2D eigenvalue weighted by Crippen LogP contribution is -2.50. The number of halogens is 8. The van der Waals surface area contributed by atoms with Gasteiger partial charge in [0.25, 0.3) is 18.2 Å². The van der Waals surface area contributed by atoms with E-state index in [9.17, 15) is 64.7 Å². The Morgan fingerprint density at radius 2 is 1.16 bits per heavy atom. The number of nitrogens with one attached hydrogen (secondary N) is 4. The molecule has 4 aliphatic rings. The van der Waals surface area contributed by atoms with Crippen molar-refractivity contribution in [3.63, 3.8) is 0 Å². The SMILES string of the molecule is FC(F)CC1CCNCC1.NC(=O)c1nn(CC(=O)N(CC(=O)NCc2cccc(Cl)c2F)C2CC2)c2ccc(NC(=O)N3CCN(CC(F)F)CC3)cc12.[N-]=[N+]=NC(=O)c1ccc2c(c1)c(C(N)=O)nn2CC(=O)N(CC(=O)NCc1cccc(Cl)c1F)C1CC1. The molecule has 0 unspecified atom stereocenters. The second-order valence-electron chi connectivity index (χ2n) is 22.1. The number of benzene rings is 4. The van der Waals surface area contributed by atoms with E-state index in [1.807, 2.05) is 0 Å². The zero-order chi connectivity index (χ0) is 66.3. The van der Waals surface area contributed by atoms with E-state index >= 15 is 0 Å². The number of hydrogen-bond acceptors (Lipinski definition) is 12. The number of amides is 9. The van der Waals surface area contributed by atoms with Crippen molar-refractivity contribution in [3.8, 4) is 0 Å². The van der Waals surface area contributed by atoms with E-state index in [4.69, 9.17) is 40.2 Å². The van der Waals surface area contributed by atoms with E-state index < -0.39 is 71.9 Å². The normalized spacial score (nSPS) is 15.0. The van der Waals surface area contributed by atoms with Crippen molar-refractivity contribution in [1.82, 2.24) is 55.1 Å². The van der Waals surface area contributed by atoms with Gasteiger partial charge in [-0.3, -0.25) is 47.8 Å². The Bertz CT molecular complexity index is 3770. The van der Waals surface area contributed by atoms with Gasteiger partial charge in [-0.1, -0.05) is 47.5 Å². The lowest BCUT2D eigenvalue weighted by Gasteiger charge is -2.34. The molecule has 0 bridgehead atoms. The molecule has 490 valence electrons. The average molecular weight is 1330 g/mol. The fourth-order valence-electron chi connectivity index (χ4n) is 10.4. The van der Waals surface area contributed by atoms with E-state index in [2.05, 4.69) is 41.5 Å². The molecule has 2 aliphatic carbocycles.